The number of para-hydroxylation sites is 1. The Morgan fingerprint density at radius 2 is 2.30 bits per heavy atom. The lowest BCUT2D eigenvalue weighted by atomic mass is 10.1. The van der Waals surface area contributed by atoms with Crippen LogP contribution in [0.2, 0.25) is 5.02 Å². The molecule has 1 unspecified atom stereocenters. The van der Waals surface area contributed by atoms with Gasteiger partial charge in [0.25, 0.3) is 0 Å². The van der Waals surface area contributed by atoms with Crippen LogP contribution in [-0.2, 0) is 11.3 Å². The first kappa shape index (κ1) is 15.1. The fourth-order valence-electron chi connectivity index (χ4n) is 2.69. The van der Waals surface area contributed by atoms with Crippen LogP contribution in [0.5, 0.6) is 0 Å². The van der Waals surface area contributed by atoms with Crippen molar-refractivity contribution < 1.29 is 4.79 Å². The maximum atomic E-state index is 11.2. The minimum absolute atomic E-state index is 0.0314. The lowest BCUT2D eigenvalue weighted by molar-refractivity contribution is -0.119. The van der Waals surface area contributed by atoms with E-state index in [1.54, 1.807) is 6.92 Å². The second-order valence-electron chi connectivity index (χ2n) is 5.16. The van der Waals surface area contributed by atoms with Gasteiger partial charge in [-0.3, -0.25) is 4.79 Å². The molecule has 4 nitrogen and oxygen atoms in total. The summed E-state index contributed by atoms with van der Waals surface area (Å²) in [6, 6.07) is 6.24. The van der Waals surface area contributed by atoms with E-state index in [1.165, 1.54) is 5.56 Å². The highest BCUT2D eigenvalue weighted by Crippen LogP contribution is 2.32. The summed E-state index contributed by atoms with van der Waals surface area (Å²) in [6.07, 6.45) is 0.964. The molecule has 1 saturated heterocycles. The smallest absolute Gasteiger partial charge is 0.217 e. The third-order valence-corrected chi connectivity index (χ3v) is 3.85. The Hall–Kier alpha value is -1.26. The molecule has 1 amide bonds. The van der Waals surface area contributed by atoms with E-state index in [4.69, 9.17) is 11.6 Å². The molecule has 0 spiro atoms. The van der Waals surface area contributed by atoms with Crippen LogP contribution in [0.15, 0.2) is 18.2 Å². The molecule has 0 radical (unpaired) electrons. The predicted octanol–water partition coefficient (Wildman–Crippen LogP) is 2.16. The summed E-state index contributed by atoms with van der Waals surface area (Å²) < 4.78 is 0. The fourth-order valence-corrected chi connectivity index (χ4v) is 3.00. The van der Waals surface area contributed by atoms with Gasteiger partial charge in [-0.05, 0) is 24.6 Å². The van der Waals surface area contributed by atoms with Gasteiger partial charge in [0.1, 0.15) is 0 Å². The van der Waals surface area contributed by atoms with Crippen LogP contribution in [0, 0.1) is 0 Å². The van der Waals surface area contributed by atoms with Crippen LogP contribution in [0.1, 0.15) is 25.8 Å². The molecule has 20 heavy (non-hydrogen) atoms. The fraction of sp³-hybridized carbons (Fsp3) is 0.533. The van der Waals surface area contributed by atoms with Gasteiger partial charge >= 0.3 is 0 Å². The lowest BCUT2D eigenvalue weighted by Crippen LogP contribution is -2.35. The van der Waals surface area contributed by atoms with Crippen molar-refractivity contribution in [2.45, 2.75) is 32.9 Å². The maximum Gasteiger partial charge on any atom is 0.217 e. The molecule has 0 aromatic heterocycles. The standard InChI is InChI=1S/C15H22ClN3O/c1-3-17-9-12-5-4-6-14(16)15(12)19-8-7-13(10-19)18-11(2)20/h4-6,13,17H,3,7-10H2,1-2H3,(H,18,20). The molecule has 0 bridgehead atoms. The highest BCUT2D eigenvalue weighted by molar-refractivity contribution is 6.33. The van der Waals surface area contributed by atoms with E-state index < -0.39 is 0 Å². The van der Waals surface area contributed by atoms with Gasteiger partial charge in [0.05, 0.1) is 10.7 Å². The predicted molar refractivity (Wildman–Crippen MR) is 83.3 cm³/mol. The summed E-state index contributed by atoms with van der Waals surface area (Å²) in [4.78, 5) is 13.4. The number of carbonyl (C=O) groups is 1. The minimum atomic E-state index is 0.0314. The first-order chi connectivity index (χ1) is 9.61. The van der Waals surface area contributed by atoms with Gasteiger partial charge in [-0.2, -0.15) is 0 Å². The summed E-state index contributed by atoms with van der Waals surface area (Å²) in [6.45, 7) is 7.14. The summed E-state index contributed by atoms with van der Waals surface area (Å²) in [5.41, 5.74) is 2.31. The third-order valence-electron chi connectivity index (χ3n) is 3.55. The third kappa shape index (κ3) is 3.64. The average Bonchev–Trinajstić information content (AvgIpc) is 2.83. The first-order valence-electron chi connectivity index (χ1n) is 7.12. The van der Waals surface area contributed by atoms with Gasteiger partial charge < -0.3 is 15.5 Å². The Kier molecular flexibility index (Phi) is 5.26. The Balaban J connectivity index is 2.14. The van der Waals surface area contributed by atoms with Gasteiger partial charge in [-0.1, -0.05) is 30.7 Å². The molecule has 1 atom stereocenters. The highest BCUT2D eigenvalue weighted by atomic mass is 35.5. The van der Waals surface area contributed by atoms with E-state index in [0.717, 1.165) is 43.3 Å². The number of hydrogen-bond acceptors (Lipinski definition) is 3. The molecule has 1 aromatic rings. The maximum absolute atomic E-state index is 11.2. The van der Waals surface area contributed by atoms with Gasteiger partial charge in [-0.15, -0.1) is 0 Å². The molecule has 1 heterocycles. The number of nitrogens with one attached hydrogen (secondary N) is 2. The van der Waals surface area contributed by atoms with E-state index in [-0.39, 0.29) is 11.9 Å². The van der Waals surface area contributed by atoms with E-state index >= 15 is 0 Å². The number of anilines is 1. The summed E-state index contributed by atoms with van der Waals surface area (Å²) in [5, 5.41) is 7.11. The van der Waals surface area contributed by atoms with E-state index in [1.807, 2.05) is 12.1 Å². The first-order valence-corrected chi connectivity index (χ1v) is 7.49. The molecule has 2 N–H and O–H groups in total. The van der Waals surface area contributed by atoms with Gasteiger partial charge in [-0.25, -0.2) is 0 Å². The number of benzene rings is 1. The zero-order valence-electron chi connectivity index (χ0n) is 12.1. The van der Waals surface area contributed by atoms with E-state index in [9.17, 15) is 4.79 Å². The number of rotatable bonds is 5. The largest absolute Gasteiger partial charge is 0.368 e. The molecule has 1 aromatic carbocycles. The Labute approximate surface area is 125 Å². The zero-order valence-corrected chi connectivity index (χ0v) is 12.8. The summed E-state index contributed by atoms with van der Waals surface area (Å²) in [7, 11) is 0. The Morgan fingerprint density at radius 1 is 1.50 bits per heavy atom. The second kappa shape index (κ2) is 6.95. The van der Waals surface area contributed by atoms with Crippen LogP contribution in [0.3, 0.4) is 0 Å². The van der Waals surface area contributed by atoms with E-state index in [0.29, 0.717) is 0 Å². The van der Waals surface area contributed by atoms with E-state index in [2.05, 4.69) is 28.5 Å². The van der Waals surface area contributed by atoms with Crippen molar-refractivity contribution in [3.8, 4) is 0 Å². The Bertz CT molecular complexity index is 478. The molecular weight excluding hydrogens is 274 g/mol. The van der Waals surface area contributed by atoms with Crippen LogP contribution < -0.4 is 15.5 Å². The minimum Gasteiger partial charge on any atom is -0.368 e. The molecule has 1 fully saturated rings. The van der Waals surface area contributed by atoms with Gasteiger partial charge in [0.2, 0.25) is 5.91 Å². The topological polar surface area (TPSA) is 44.4 Å². The van der Waals surface area contributed by atoms with Gasteiger partial charge in [0.15, 0.2) is 0 Å². The van der Waals surface area contributed by atoms with Crippen molar-refractivity contribution in [1.82, 2.24) is 10.6 Å². The molecule has 0 saturated carbocycles. The second-order valence-corrected chi connectivity index (χ2v) is 5.57. The van der Waals surface area contributed by atoms with Crippen molar-refractivity contribution in [2.24, 2.45) is 0 Å². The van der Waals surface area contributed by atoms with Crippen molar-refractivity contribution in [3.63, 3.8) is 0 Å². The molecule has 5 heteroatoms. The van der Waals surface area contributed by atoms with Crippen LogP contribution in [-0.4, -0.2) is 31.6 Å². The molecule has 110 valence electrons. The molecule has 0 aliphatic carbocycles. The van der Waals surface area contributed by atoms with Crippen LogP contribution >= 0.6 is 11.6 Å². The number of halogens is 1. The quantitative estimate of drug-likeness (QED) is 0.875. The van der Waals surface area contributed by atoms with Gasteiger partial charge in [0, 0.05) is 32.6 Å². The van der Waals surface area contributed by atoms with Crippen molar-refractivity contribution in [2.75, 3.05) is 24.5 Å². The molecule has 1 aliphatic heterocycles. The zero-order chi connectivity index (χ0) is 14.5. The highest BCUT2D eigenvalue weighted by Gasteiger charge is 2.26. The number of hydrogen-bond donors (Lipinski definition) is 2. The summed E-state index contributed by atoms with van der Waals surface area (Å²) >= 11 is 6.39. The normalized spacial score (nSPS) is 18.4. The van der Waals surface area contributed by atoms with Crippen molar-refractivity contribution >= 4 is 23.2 Å². The van der Waals surface area contributed by atoms with Crippen molar-refractivity contribution in [1.29, 1.82) is 0 Å². The van der Waals surface area contributed by atoms with Crippen LogP contribution in [0.4, 0.5) is 5.69 Å². The SMILES string of the molecule is CCNCc1cccc(Cl)c1N1CCC(NC(C)=O)C1. The molecule has 1 aliphatic rings. The summed E-state index contributed by atoms with van der Waals surface area (Å²) in [5.74, 6) is 0.0314. The molecular formula is C15H22ClN3O. The van der Waals surface area contributed by atoms with Crippen LogP contribution in [0.25, 0.3) is 0 Å². The Morgan fingerprint density at radius 3 is 3.00 bits per heavy atom. The van der Waals surface area contributed by atoms with Crippen molar-refractivity contribution in [3.05, 3.63) is 28.8 Å². The monoisotopic (exact) mass is 295 g/mol. The average molecular weight is 296 g/mol. The molecule has 2 rings (SSSR count). The lowest BCUT2D eigenvalue weighted by Gasteiger charge is -2.23. The number of nitrogens with zero attached hydrogens (tertiary/aromatic N) is 1. The number of amides is 1. The number of carbonyl (C=O) groups excluding carboxylic acids is 1.